The van der Waals surface area contributed by atoms with Gasteiger partial charge in [0.1, 0.15) is 0 Å². The van der Waals surface area contributed by atoms with Gasteiger partial charge in [0.05, 0.1) is 13.2 Å². The Hall–Kier alpha value is -0.120. The molecule has 1 saturated heterocycles. The van der Waals surface area contributed by atoms with Crippen molar-refractivity contribution >= 4 is 0 Å². The quantitative estimate of drug-likeness (QED) is 0.569. The third kappa shape index (κ3) is 6.13. The van der Waals surface area contributed by atoms with Crippen molar-refractivity contribution in [1.29, 1.82) is 0 Å². The molecule has 0 aliphatic carbocycles. The zero-order valence-corrected chi connectivity index (χ0v) is 10.4. The van der Waals surface area contributed by atoms with Gasteiger partial charge >= 0.3 is 0 Å². The van der Waals surface area contributed by atoms with Crippen LogP contribution in [0.3, 0.4) is 0 Å². The van der Waals surface area contributed by atoms with Crippen molar-refractivity contribution in [2.24, 2.45) is 0 Å². The topological polar surface area (TPSA) is 15.7 Å². The highest BCUT2D eigenvalue weighted by Crippen LogP contribution is 2.05. The summed E-state index contributed by atoms with van der Waals surface area (Å²) in [7, 11) is 2.16. The van der Waals surface area contributed by atoms with E-state index >= 15 is 0 Å². The van der Waals surface area contributed by atoms with E-state index in [1.807, 2.05) is 0 Å². The Balaban J connectivity index is 1.84. The fourth-order valence-electron chi connectivity index (χ4n) is 2.02. The molecule has 0 aromatic rings. The zero-order chi connectivity index (χ0) is 10.9. The van der Waals surface area contributed by atoms with E-state index in [-0.39, 0.29) is 0 Å². The van der Waals surface area contributed by atoms with Crippen molar-refractivity contribution in [2.45, 2.75) is 26.2 Å². The van der Waals surface area contributed by atoms with Crippen molar-refractivity contribution in [3.8, 4) is 0 Å². The van der Waals surface area contributed by atoms with Gasteiger partial charge in [0.15, 0.2) is 0 Å². The first-order valence-electron chi connectivity index (χ1n) is 6.31. The summed E-state index contributed by atoms with van der Waals surface area (Å²) < 4.78 is 5.63. The lowest BCUT2D eigenvalue weighted by Gasteiger charge is -2.17. The third-order valence-corrected chi connectivity index (χ3v) is 2.97. The minimum atomic E-state index is 0.879. The van der Waals surface area contributed by atoms with Gasteiger partial charge in [-0.15, -0.1) is 0 Å². The van der Waals surface area contributed by atoms with E-state index in [1.54, 1.807) is 0 Å². The van der Waals surface area contributed by atoms with Gasteiger partial charge in [-0.3, -0.25) is 0 Å². The molecule has 1 fully saturated rings. The molecule has 0 N–H and O–H groups in total. The second-order valence-corrected chi connectivity index (χ2v) is 4.46. The summed E-state index contributed by atoms with van der Waals surface area (Å²) >= 11 is 0. The van der Waals surface area contributed by atoms with Crippen LogP contribution in [0.1, 0.15) is 26.2 Å². The van der Waals surface area contributed by atoms with Gasteiger partial charge in [-0.1, -0.05) is 6.92 Å². The molecule has 0 bridgehead atoms. The highest BCUT2D eigenvalue weighted by Gasteiger charge is 2.10. The summed E-state index contributed by atoms with van der Waals surface area (Å²) in [6.07, 6.45) is 3.97. The molecule has 3 heteroatoms. The van der Waals surface area contributed by atoms with E-state index in [0.29, 0.717) is 0 Å². The van der Waals surface area contributed by atoms with Crippen LogP contribution in [0.25, 0.3) is 0 Å². The first kappa shape index (κ1) is 12.9. The molecule has 1 heterocycles. The summed E-state index contributed by atoms with van der Waals surface area (Å²) in [5, 5.41) is 0. The summed E-state index contributed by atoms with van der Waals surface area (Å²) in [5.41, 5.74) is 0. The number of rotatable bonds is 8. The minimum absolute atomic E-state index is 0.879. The predicted octanol–water partition coefficient (Wildman–Crippen LogP) is 1.44. The van der Waals surface area contributed by atoms with Crippen LogP contribution < -0.4 is 0 Å². The molecule has 0 spiro atoms. The zero-order valence-electron chi connectivity index (χ0n) is 10.4. The van der Waals surface area contributed by atoms with Crippen LogP contribution in [0, 0.1) is 0 Å². The third-order valence-electron chi connectivity index (χ3n) is 2.97. The maximum atomic E-state index is 5.63. The number of nitrogens with zero attached hydrogens (tertiary/aromatic N) is 2. The van der Waals surface area contributed by atoms with Crippen LogP contribution in [-0.2, 0) is 4.74 Å². The van der Waals surface area contributed by atoms with Crippen molar-refractivity contribution in [1.82, 2.24) is 9.80 Å². The molecule has 15 heavy (non-hydrogen) atoms. The van der Waals surface area contributed by atoms with Crippen LogP contribution in [0.5, 0.6) is 0 Å². The molecular weight excluding hydrogens is 188 g/mol. The standard InChI is InChI=1S/C12H26N2O/c1-3-6-13(2)9-11-15-12-10-14-7-4-5-8-14/h3-12H2,1-2H3. The molecule has 0 amide bonds. The Morgan fingerprint density at radius 1 is 1.13 bits per heavy atom. The Labute approximate surface area is 94.4 Å². The van der Waals surface area contributed by atoms with Crippen molar-refractivity contribution in [3.63, 3.8) is 0 Å². The summed E-state index contributed by atoms with van der Waals surface area (Å²) in [4.78, 5) is 4.83. The van der Waals surface area contributed by atoms with Gasteiger partial charge in [-0.05, 0) is 45.9 Å². The first-order valence-corrected chi connectivity index (χ1v) is 6.31. The molecule has 0 aromatic carbocycles. The molecule has 0 atom stereocenters. The lowest BCUT2D eigenvalue weighted by molar-refractivity contribution is 0.0939. The van der Waals surface area contributed by atoms with Crippen LogP contribution in [0.4, 0.5) is 0 Å². The fourth-order valence-corrected chi connectivity index (χ4v) is 2.02. The summed E-state index contributed by atoms with van der Waals surface area (Å²) in [6.45, 7) is 9.91. The minimum Gasteiger partial charge on any atom is -0.379 e. The molecular formula is C12H26N2O. The molecule has 1 aliphatic heterocycles. The van der Waals surface area contributed by atoms with Gasteiger partial charge in [0, 0.05) is 13.1 Å². The van der Waals surface area contributed by atoms with Crippen LogP contribution in [-0.4, -0.2) is 62.8 Å². The van der Waals surface area contributed by atoms with Crippen molar-refractivity contribution in [2.75, 3.05) is 53.0 Å². The van der Waals surface area contributed by atoms with Crippen molar-refractivity contribution in [3.05, 3.63) is 0 Å². The lowest BCUT2D eigenvalue weighted by atomic mass is 10.4. The summed E-state index contributed by atoms with van der Waals surface area (Å²) in [6, 6.07) is 0. The second kappa shape index (κ2) is 8.08. The molecule has 90 valence electrons. The molecule has 0 radical (unpaired) electrons. The maximum Gasteiger partial charge on any atom is 0.0594 e. The van der Waals surface area contributed by atoms with E-state index in [4.69, 9.17) is 4.74 Å². The predicted molar refractivity (Wildman–Crippen MR) is 64.3 cm³/mol. The Kier molecular flexibility index (Phi) is 6.98. The Bertz CT molecular complexity index is 147. The van der Waals surface area contributed by atoms with E-state index in [2.05, 4.69) is 23.8 Å². The van der Waals surface area contributed by atoms with Gasteiger partial charge in [0.2, 0.25) is 0 Å². The smallest absolute Gasteiger partial charge is 0.0594 e. The Morgan fingerprint density at radius 3 is 2.53 bits per heavy atom. The lowest BCUT2D eigenvalue weighted by Crippen LogP contribution is -2.27. The average Bonchev–Trinajstić information content (AvgIpc) is 2.70. The number of ether oxygens (including phenoxy) is 1. The van der Waals surface area contributed by atoms with E-state index < -0.39 is 0 Å². The second-order valence-electron chi connectivity index (χ2n) is 4.46. The molecule has 0 unspecified atom stereocenters. The maximum absolute atomic E-state index is 5.63. The molecule has 1 aliphatic rings. The molecule has 0 saturated carbocycles. The highest BCUT2D eigenvalue weighted by atomic mass is 16.5. The fraction of sp³-hybridized carbons (Fsp3) is 1.00. The van der Waals surface area contributed by atoms with E-state index in [9.17, 15) is 0 Å². The molecule has 3 nitrogen and oxygen atoms in total. The number of likely N-dealkylation sites (N-methyl/N-ethyl adjacent to an activating group) is 1. The van der Waals surface area contributed by atoms with Crippen LogP contribution in [0.15, 0.2) is 0 Å². The Morgan fingerprint density at radius 2 is 1.87 bits per heavy atom. The monoisotopic (exact) mass is 214 g/mol. The van der Waals surface area contributed by atoms with Gasteiger partial charge in [0.25, 0.3) is 0 Å². The van der Waals surface area contributed by atoms with Gasteiger partial charge in [-0.2, -0.15) is 0 Å². The molecule has 1 rings (SSSR count). The van der Waals surface area contributed by atoms with Gasteiger partial charge < -0.3 is 14.5 Å². The summed E-state index contributed by atoms with van der Waals surface area (Å²) in [5.74, 6) is 0. The van der Waals surface area contributed by atoms with Crippen LogP contribution in [0.2, 0.25) is 0 Å². The number of hydrogen-bond acceptors (Lipinski definition) is 3. The van der Waals surface area contributed by atoms with E-state index in [0.717, 1.165) is 26.3 Å². The number of hydrogen-bond donors (Lipinski definition) is 0. The van der Waals surface area contributed by atoms with Crippen molar-refractivity contribution < 1.29 is 4.74 Å². The van der Waals surface area contributed by atoms with Crippen LogP contribution >= 0.6 is 0 Å². The normalized spacial score (nSPS) is 17.8. The largest absolute Gasteiger partial charge is 0.379 e. The van der Waals surface area contributed by atoms with E-state index in [1.165, 1.54) is 38.9 Å². The average molecular weight is 214 g/mol. The SMILES string of the molecule is CCCN(C)CCOCCN1CCCC1. The molecule has 0 aromatic heterocycles. The first-order chi connectivity index (χ1) is 7.33. The van der Waals surface area contributed by atoms with Gasteiger partial charge in [-0.25, -0.2) is 0 Å². The highest BCUT2D eigenvalue weighted by molar-refractivity contribution is 4.65. The number of likely N-dealkylation sites (tertiary alicyclic amines) is 1.